The molecule has 28 heavy (non-hydrogen) atoms. The number of likely N-dealkylation sites (tertiary alicyclic amines) is 1. The number of halogens is 2. The Morgan fingerprint density at radius 1 is 1.18 bits per heavy atom. The third kappa shape index (κ3) is 4.54. The minimum absolute atomic E-state index is 0. The minimum Gasteiger partial charge on any atom is -0.493 e. The highest BCUT2D eigenvalue weighted by Gasteiger charge is 2.37. The van der Waals surface area contributed by atoms with Crippen molar-refractivity contribution in [1.82, 2.24) is 15.2 Å². The molecule has 1 N–H and O–H groups in total. The Morgan fingerprint density at radius 2 is 1.86 bits per heavy atom. The van der Waals surface area contributed by atoms with Crippen LogP contribution in [0.1, 0.15) is 5.69 Å². The third-order valence-corrected chi connectivity index (χ3v) is 6.20. The first kappa shape index (κ1) is 22.7. The van der Waals surface area contributed by atoms with Gasteiger partial charge in [-0.3, -0.25) is 4.79 Å². The Labute approximate surface area is 181 Å². The van der Waals surface area contributed by atoms with Gasteiger partial charge in [0, 0.05) is 37.1 Å². The molecule has 0 spiro atoms. The topological polar surface area (TPSA) is 63.7 Å². The quantitative estimate of drug-likeness (QED) is 0.766. The number of carbonyl (C=O) groups is 1. The number of thiazole rings is 1. The summed E-state index contributed by atoms with van der Waals surface area (Å²) in [7, 11) is 3.24. The minimum atomic E-state index is 0. The zero-order valence-electron chi connectivity index (χ0n) is 15.8. The van der Waals surface area contributed by atoms with E-state index in [9.17, 15) is 4.79 Å². The van der Waals surface area contributed by atoms with E-state index < -0.39 is 0 Å². The molecular weight excluding hydrogens is 421 g/mol. The number of methoxy groups -OCH3 is 2. The Bertz CT molecular complexity index is 805. The van der Waals surface area contributed by atoms with Crippen molar-refractivity contribution in [3.05, 3.63) is 29.3 Å². The van der Waals surface area contributed by atoms with E-state index in [1.807, 2.05) is 28.5 Å². The number of fused-ring (bicyclic) bond motifs is 1. The number of benzene rings is 1. The molecule has 0 aliphatic carbocycles. The van der Waals surface area contributed by atoms with E-state index in [0.29, 0.717) is 29.8 Å². The maximum Gasteiger partial charge on any atom is 0.228 e. The highest BCUT2D eigenvalue weighted by atomic mass is 35.5. The van der Waals surface area contributed by atoms with Gasteiger partial charge in [-0.15, -0.1) is 36.2 Å². The monoisotopic (exact) mass is 445 g/mol. The van der Waals surface area contributed by atoms with Crippen LogP contribution in [-0.2, 0) is 11.2 Å². The Morgan fingerprint density at radius 3 is 2.50 bits per heavy atom. The van der Waals surface area contributed by atoms with Crippen molar-refractivity contribution in [1.29, 1.82) is 0 Å². The zero-order valence-corrected chi connectivity index (χ0v) is 18.3. The maximum atomic E-state index is 12.6. The van der Waals surface area contributed by atoms with Crippen LogP contribution < -0.4 is 14.8 Å². The number of nitrogens with one attached hydrogen (secondary N) is 1. The molecule has 2 atom stereocenters. The molecule has 1 aromatic carbocycles. The molecule has 2 aromatic rings. The van der Waals surface area contributed by atoms with Crippen LogP contribution in [0, 0.1) is 11.8 Å². The molecule has 6 nitrogen and oxygen atoms in total. The number of rotatable bonds is 5. The molecule has 9 heteroatoms. The number of nitrogens with zero attached hydrogens (tertiary/aromatic N) is 2. The summed E-state index contributed by atoms with van der Waals surface area (Å²) in [6, 6.07) is 5.75. The second-order valence-corrected chi connectivity index (χ2v) is 7.73. The zero-order chi connectivity index (χ0) is 18.1. The van der Waals surface area contributed by atoms with Crippen molar-refractivity contribution < 1.29 is 14.3 Å². The Hall–Kier alpha value is -1.54. The number of ether oxygens (including phenoxy) is 2. The number of hydrogen-bond acceptors (Lipinski definition) is 6. The van der Waals surface area contributed by atoms with Crippen molar-refractivity contribution >= 4 is 42.1 Å². The largest absolute Gasteiger partial charge is 0.493 e. The lowest BCUT2D eigenvalue weighted by molar-refractivity contribution is -0.129. The van der Waals surface area contributed by atoms with Crippen LogP contribution in [0.15, 0.2) is 23.6 Å². The molecule has 3 heterocycles. The van der Waals surface area contributed by atoms with Gasteiger partial charge >= 0.3 is 0 Å². The summed E-state index contributed by atoms with van der Waals surface area (Å²) in [5.74, 6) is 2.80. The van der Waals surface area contributed by atoms with Gasteiger partial charge in [0.2, 0.25) is 5.91 Å². The standard InChI is InChI=1S/C19H23N3O3S.2ClH/c1-24-16-4-3-12(5-17(16)25-2)19-21-15(11-26-19)6-18(23)22-9-13-7-20-8-14(13)10-22;;/h3-5,11,13-14,20H,6-10H2,1-2H3;2*1H/t13-,14+;;. The van der Waals surface area contributed by atoms with Crippen LogP contribution in [0.4, 0.5) is 0 Å². The van der Waals surface area contributed by atoms with E-state index in [1.54, 1.807) is 25.6 Å². The maximum absolute atomic E-state index is 12.6. The van der Waals surface area contributed by atoms with Gasteiger partial charge < -0.3 is 19.7 Å². The van der Waals surface area contributed by atoms with Gasteiger partial charge in [-0.1, -0.05) is 0 Å². The van der Waals surface area contributed by atoms with Gasteiger partial charge in [0.1, 0.15) is 5.01 Å². The van der Waals surface area contributed by atoms with Crippen LogP contribution in [0.2, 0.25) is 0 Å². The van der Waals surface area contributed by atoms with E-state index in [4.69, 9.17) is 9.47 Å². The molecule has 2 saturated heterocycles. The predicted molar refractivity (Wildman–Crippen MR) is 115 cm³/mol. The summed E-state index contributed by atoms with van der Waals surface area (Å²) in [5, 5.41) is 6.26. The molecule has 0 unspecified atom stereocenters. The van der Waals surface area contributed by atoms with Crippen molar-refractivity contribution in [3.8, 4) is 22.1 Å². The van der Waals surface area contributed by atoms with Crippen molar-refractivity contribution in [2.75, 3.05) is 40.4 Å². The Kier molecular flexibility index (Phi) is 7.95. The average Bonchev–Trinajstić information content (AvgIpc) is 3.36. The first-order chi connectivity index (χ1) is 12.7. The van der Waals surface area contributed by atoms with Crippen molar-refractivity contribution in [3.63, 3.8) is 0 Å². The number of amides is 1. The average molecular weight is 446 g/mol. The fourth-order valence-electron chi connectivity index (χ4n) is 3.82. The first-order valence-electron chi connectivity index (χ1n) is 8.83. The normalized spacial score (nSPS) is 20.1. The van der Waals surface area contributed by atoms with Gasteiger partial charge in [-0.25, -0.2) is 4.98 Å². The Balaban J connectivity index is 0.00000140. The van der Waals surface area contributed by atoms with Crippen LogP contribution >= 0.6 is 36.2 Å². The number of aromatic nitrogens is 1. The molecule has 1 amide bonds. The lowest BCUT2D eigenvalue weighted by Crippen LogP contribution is -2.33. The number of carbonyl (C=O) groups excluding carboxylic acids is 1. The first-order valence-corrected chi connectivity index (χ1v) is 9.71. The molecule has 1 aromatic heterocycles. The highest BCUT2D eigenvalue weighted by molar-refractivity contribution is 7.13. The third-order valence-electron chi connectivity index (χ3n) is 5.26. The fraction of sp³-hybridized carbons (Fsp3) is 0.474. The van der Waals surface area contributed by atoms with E-state index >= 15 is 0 Å². The molecule has 154 valence electrons. The van der Waals surface area contributed by atoms with Crippen molar-refractivity contribution in [2.24, 2.45) is 11.8 Å². The predicted octanol–water partition coefficient (Wildman–Crippen LogP) is 2.89. The van der Waals surface area contributed by atoms with Crippen LogP contribution in [0.3, 0.4) is 0 Å². The van der Waals surface area contributed by atoms with Gasteiger partial charge in [0.25, 0.3) is 0 Å². The van der Waals surface area contributed by atoms with Gasteiger partial charge in [-0.2, -0.15) is 0 Å². The van der Waals surface area contributed by atoms with Gasteiger partial charge in [0.15, 0.2) is 11.5 Å². The summed E-state index contributed by atoms with van der Waals surface area (Å²) >= 11 is 1.55. The summed E-state index contributed by atoms with van der Waals surface area (Å²) in [6.45, 7) is 3.83. The van der Waals surface area contributed by atoms with Crippen LogP contribution in [0.25, 0.3) is 10.6 Å². The summed E-state index contributed by atoms with van der Waals surface area (Å²) in [4.78, 5) is 19.3. The second-order valence-electron chi connectivity index (χ2n) is 6.87. The van der Waals surface area contributed by atoms with E-state index in [1.165, 1.54) is 0 Å². The van der Waals surface area contributed by atoms with Crippen LogP contribution in [0.5, 0.6) is 11.5 Å². The highest BCUT2D eigenvalue weighted by Crippen LogP contribution is 2.34. The SMILES string of the molecule is COc1ccc(-c2nc(CC(=O)N3C[C@H]4CNC[C@H]4C3)cs2)cc1OC.Cl.Cl. The van der Waals surface area contributed by atoms with Gasteiger partial charge in [-0.05, 0) is 30.0 Å². The molecule has 0 radical (unpaired) electrons. The number of hydrogen-bond donors (Lipinski definition) is 1. The molecule has 0 saturated carbocycles. The fourth-order valence-corrected chi connectivity index (χ4v) is 4.63. The molecule has 2 aliphatic rings. The van der Waals surface area contributed by atoms with Gasteiger partial charge in [0.05, 0.1) is 26.3 Å². The smallest absolute Gasteiger partial charge is 0.228 e. The molecule has 2 fully saturated rings. The van der Waals surface area contributed by atoms with Crippen LogP contribution in [-0.4, -0.2) is 56.2 Å². The van der Waals surface area contributed by atoms with E-state index in [-0.39, 0.29) is 30.7 Å². The summed E-state index contributed by atoms with van der Waals surface area (Å²) in [5.41, 5.74) is 1.80. The van der Waals surface area contributed by atoms with Crippen molar-refractivity contribution in [2.45, 2.75) is 6.42 Å². The molecular formula is C19H25Cl2N3O3S. The summed E-state index contributed by atoms with van der Waals surface area (Å²) in [6.07, 6.45) is 0.372. The molecule has 4 rings (SSSR count). The second kappa shape index (κ2) is 9.78. The van der Waals surface area contributed by atoms with E-state index in [2.05, 4.69) is 10.3 Å². The van der Waals surface area contributed by atoms with E-state index in [0.717, 1.165) is 42.4 Å². The lowest BCUT2D eigenvalue weighted by Gasteiger charge is -2.16. The molecule has 0 bridgehead atoms. The molecule has 2 aliphatic heterocycles. The lowest BCUT2D eigenvalue weighted by atomic mass is 10.0. The summed E-state index contributed by atoms with van der Waals surface area (Å²) < 4.78 is 10.6.